The molecular weight excluding hydrogens is 342 g/mol. The lowest BCUT2D eigenvalue weighted by Crippen LogP contribution is -2.35. The molecule has 0 aliphatic carbocycles. The topological polar surface area (TPSA) is 47.6 Å². The van der Waals surface area contributed by atoms with E-state index in [1.54, 1.807) is 7.11 Å². The highest BCUT2D eigenvalue weighted by atomic mass is 79.9. The van der Waals surface area contributed by atoms with Gasteiger partial charge in [-0.3, -0.25) is 0 Å². The van der Waals surface area contributed by atoms with Crippen molar-refractivity contribution in [3.8, 4) is 5.75 Å². The number of nitrogens with one attached hydrogen (secondary N) is 1. The Balaban J connectivity index is 2.91. The molecule has 0 fully saturated rings. The molecule has 6 heteroatoms. The van der Waals surface area contributed by atoms with Gasteiger partial charge in [0.05, 0.1) is 15.7 Å². The number of hydrogen-bond acceptors (Lipinski definition) is 3. The first-order valence-electron chi connectivity index (χ1n) is 6.35. The first-order valence-corrected chi connectivity index (χ1v) is 8.29. The molecule has 0 radical (unpaired) electrons. The van der Waals surface area contributed by atoms with Gasteiger partial charge in [-0.1, -0.05) is 22.0 Å². The van der Waals surface area contributed by atoms with Gasteiger partial charge in [-0.25, -0.2) is 8.93 Å². The lowest BCUT2D eigenvalue weighted by molar-refractivity contribution is 0.0501. The second kappa shape index (κ2) is 7.54. The summed E-state index contributed by atoms with van der Waals surface area (Å²) in [6.07, 6.45) is 0. The van der Waals surface area contributed by atoms with E-state index in [0.717, 1.165) is 10.0 Å². The van der Waals surface area contributed by atoms with Crippen LogP contribution in [0.2, 0.25) is 0 Å². The molecule has 0 bridgehead atoms. The third kappa shape index (κ3) is 5.16. The van der Waals surface area contributed by atoms with Gasteiger partial charge in [0.1, 0.15) is 5.75 Å². The number of rotatable bonds is 6. The van der Waals surface area contributed by atoms with Crippen LogP contribution in [0.5, 0.6) is 5.75 Å². The zero-order chi connectivity index (χ0) is 15.3. The third-order valence-corrected chi connectivity index (χ3v) is 4.79. The monoisotopic (exact) mass is 363 g/mol. The largest absolute Gasteiger partial charge is 0.467 e. The Kier molecular flexibility index (Phi) is 6.64. The zero-order valence-corrected chi connectivity index (χ0v) is 14.9. The Hall–Kier alpha value is -0.430. The average Bonchev–Trinajstić information content (AvgIpc) is 2.35. The van der Waals surface area contributed by atoms with E-state index in [-0.39, 0.29) is 17.6 Å². The van der Waals surface area contributed by atoms with Gasteiger partial charge < -0.3 is 9.47 Å². The summed E-state index contributed by atoms with van der Waals surface area (Å²) in [5.41, 5.74) is 0.947. The molecule has 0 aliphatic rings. The van der Waals surface area contributed by atoms with Crippen molar-refractivity contribution in [2.75, 3.05) is 13.9 Å². The SMILES string of the molecule is COCOc1cc(Br)ccc1C(C)NS(=O)C(C)(C)C. The van der Waals surface area contributed by atoms with Crippen molar-refractivity contribution >= 4 is 26.9 Å². The van der Waals surface area contributed by atoms with Gasteiger partial charge in [0.25, 0.3) is 0 Å². The fourth-order valence-electron chi connectivity index (χ4n) is 1.51. The highest BCUT2D eigenvalue weighted by molar-refractivity contribution is 9.10. The lowest BCUT2D eigenvalue weighted by atomic mass is 10.1. The molecule has 2 unspecified atom stereocenters. The molecule has 0 heterocycles. The fourth-order valence-corrected chi connectivity index (χ4v) is 2.66. The molecule has 0 saturated heterocycles. The molecule has 2 atom stereocenters. The fraction of sp³-hybridized carbons (Fsp3) is 0.571. The average molecular weight is 364 g/mol. The first-order chi connectivity index (χ1) is 9.25. The minimum Gasteiger partial charge on any atom is -0.467 e. The highest BCUT2D eigenvalue weighted by Crippen LogP contribution is 2.29. The molecule has 20 heavy (non-hydrogen) atoms. The highest BCUT2D eigenvalue weighted by Gasteiger charge is 2.23. The van der Waals surface area contributed by atoms with Crippen LogP contribution in [0.25, 0.3) is 0 Å². The Morgan fingerprint density at radius 1 is 1.40 bits per heavy atom. The summed E-state index contributed by atoms with van der Waals surface area (Å²) in [7, 11) is 0.442. The van der Waals surface area contributed by atoms with Gasteiger partial charge >= 0.3 is 0 Å². The quantitative estimate of drug-likeness (QED) is 0.786. The summed E-state index contributed by atoms with van der Waals surface area (Å²) >= 11 is 3.42. The molecule has 0 saturated carbocycles. The van der Waals surface area contributed by atoms with Crippen molar-refractivity contribution in [2.45, 2.75) is 38.5 Å². The van der Waals surface area contributed by atoms with E-state index < -0.39 is 11.0 Å². The molecule has 1 aromatic rings. The predicted octanol–water partition coefficient (Wildman–Crippen LogP) is 3.54. The molecule has 1 N–H and O–H groups in total. The van der Waals surface area contributed by atoms with Crippen molar-refractivity contribution in [3.63, 3.8) is 0 Å². The van der Waals surface area contributed by atoms with Crippen LogP contribution in [0.4, 0.5) is 0 Å². The maximum atomic E-state index is 12.2. The van der Waals surface area contributed by atoms with Crippen LogP contribution < -0.4 is 9.46 Å². The van der Waals surface area contributed by atoms with Gasteiger partial charge in [0, 0.05) is 23.2 Å². The van der Waals surface area contributed by atoms with Crippen molar-refractivity contribution in [1.82, 2.24) is 4.72 Å². The van der Waals surface area contributed by atoms with Crippen LogP contribution in [0.3, 0.4) is 0 Å². The molecule has 0 aromatic heterocycles. The molecule has 4 nitrogen and oxygen atoms in total. The number of ether oxygens (including phenoxy) is 2. The van der Waals surface area contributed by atoms with Gasteiger partial charge in [-0.05, 0) is 39.8 Å². The minimum absolute atomic E-state index is 0.0879. The van der Waals surface area contributed by atoms with Crippen LogP contribution in [-0.2, 0) is 15.7 Å². The number of methoxy groups -OCH3 is 1. The molecule has 0 spiro atoms. The van der Waals surface area contributed by atoms with Crippen LogP contribution in [0.15, 0.2) is 22.7 Å². The van der Waals surface area contributed by atoms with Crippen molar-refractivity contribution in [3.05, 3.63) is 28.2 Å². The summed E-state index contributed by atoms with van der Waals surface area (Å²) in [6.45, 7) is 7.96. The molecular formula is C14H22BrNO3S. The van der Waals surface area contributed by atoms with E-state index in [1.165, 1.54) is 0 Å². The Labute approximate surface area is 132 Å². The van der Waals surface area contributed by atoms with Gasteiger partial charge in [0.15, 0.2) is 6.79 Å². The van der Waals surface area contributed by atoms with Crippen molar-refractivity contribution < 1.29 is 13.7 Å². The summed E-state index contributed by atoms with van der Waals surface area (Å²) in [5, 5.41) is 0. The second-order valence-corrected chi connectivity index (χ2v) is 8.37. The summed E-state index contributed by atoms with van der Waals surface area (Å²) in [5.74, 6) is 0.715. The minimum atomic E-state index is -1.14. The van der Waals surface area contributed by atoms with Gasteiger partial charge in [0.2, 0.25) is 0 Å². The van der Waals surface area contributed by atoms with E-state index in [9.17, 15) is 4.21 Å². The number of benzene rings is 1. The Morgan fingerprint density at radius 3 is 2.60 bits per heavy atom. The Morgan fingerprint density at radius 2 is 2.05 bits per heavy atom. The van der Waals surface area contributed by atoms with Gasteiger partial charge in [-0.2, -0.15) is 0 Å². The third-order valence-electron chi connectivity index (χ3n) is 2.61. The van der Waals surface area contributed by atoms with Crippen LogP contribution in [-0.4, -0.2) is 22.9 Å². The normalized spacial score (nSPS) is 14.9. The van der Waals surface area contributed by atoms with Crippen molar-refractivity contribution in [1.29, 1.82) is 0 Å². The van der Waals surface area contributed by atoms with Crippen LogP contribution in [0, 0.1) is 0 Å². The molecule has 1 rings (SSSR count). The molecule has 0 aliphatic heterocycles. The van der Waals surface area contributed by atoms with Crippen LogP contribution in [0.1, 0.15) is 39.3 Å². The predicted molar refractivity (Wildman–Crippen MR) is 86.1 cm³/mol. The Bertz CT molecular complexity index is 474. The smallest absolute Gasteiger partial charge is 0.188 e. The molecule has 0 amide bonds. The maximum Gasteiger partial charge on any atom is 0.188 e. The molecule has 1 aromatic carbocycles. The van der Waals surface area contributed by atoms with Gasteiger partial charge in [-0.15, -0.1) is 0 Å². The van der Waals surface area contributed by atoms with E-state index in [2.05, 4.69) is 20.7 Å². The van der Waals surface area contributed by atoms with Crippen molar-refractivity contribution in [2.24, 2.45) is 0 Å². The second-order valence-electron chi connectivity index (χ2n) is 5.45. The lowest BCUT2D eigenvalue weighted by Gasteiger charge is -2.23. The van der Waals surface area contributed by atoms with Crippen LogP contribution >= 0.6 is 15.9 Å². The van der Waals surface area contributed by atoms with E-state index >= 15 is 0 Å². The number of hydrogen-bond donors (Lipinski definition) is 1. The van der Waals surface area contributed by atoms with E-state index in [1.807, 2.05) is 45.9 Å². The maximum absolute atomic E-state index is 12.2. The van der Waals surface area contributed by atoms with E-state index in [0.29, 0.717) is 5.75 Å². The summed E-state index contributed by atoms with van der Waals surface area (Å²) in [4.78, 5) is 0. The first kappa shape index (κ1) is 17.6. The summed E-state index contributed by atoms with van der Waals surface area (Å²) in [6, 6.07) is 5.68. The van der Waals surface area contributed by atoms with E-state index in [4.69, 9.17) is 9.47 Å². The molecule has 114 valence electrons. The zero-order valence-electron chi connectivity index (χ0n) is 12.5. The summed E-state index contributed by atoms with van der Waals surface area (Å²) < 4.78 is 26.4. The number of halogens is 1. The standard InChI is InChI=1S/C14H22BrNO3S/c1-10(16-20(17)14(2,3)4)12-7-6-11(15)8-13(12)19-9-18-5/h6-8,10,16H,9H2,1-5H3.